The predicted octanol–water partition coefficient (Wildman–Crippen LogP) is 3.38. The monoisotopic (exact) mass is 341 g/mol. The molecule has 1 aromatic carbocycles. The molecule has 1 amide bonds. The SMILES string of the molecule is CCOP(=O)(OCC)C1CCN(OCc2ccccc2)C(=O)C1. The van der Waals surface area contributed by atoms with Gasteiger partial charge in [0.2, 0.25) is 5.91 Å². The number of benzene rings is 1. The number of nitrogens with zero attached hydrogens (tertiary/aromatic N) is 1. The van der Waals surface area contributed by atoms with E-state index in [1.807, 2.05) is 30.3 Å². The standard InChI is InChI=1S/C16H24NO5P/c1-3-21-23(19,22-4-2)15-10-11-17(16(18)12-15)20-13-14-8-6-5-7-9-14/h5-9,15H,3-4,10-13H2,1-2H3. The van der Waals surface area contributed by atoms with Crippen molar-refractivity contribution in [3.63, 3.8) is 0 Å². The molecule has 0 aliphatic carbocycles. The highest BCUT2D eigenvalue weighted by Crippen LogP contribution is 2.56. The van der Waals surface area contributed by atoms with Crippen LogP contribution in [0, 0.1) is 0 Å². The number of hydrogen-bond donors (Lipinski definition) is 0. The summed E-state index contributed by atoms with van der Waals surface area (Å²) in [5.41, 5.74) is 0.600. The Morgan fingerprint density at radius 2 is 1.83 bits per heavy atom. The zero-order valence-electron chi connectivity index (χ0n) is 13.6. The van der Waals surface area contributed by atoms with Gasteiger partial charge in [0.25, 0.3) is 0 Å². The lowest BCUT2D eigenvalue weighted by Gasteiger charge is -2.33. The summed E-state index contributed by atoms with van der Waals surface area (Å²) in [6, 6.07) is 9.66. The van der Waals surface area contributed by atoms with Crippen molar-refractivity contribution in [1.82, 2.24) is 5.06 Å². The Bertz CT molecular complexity index is 541. The van der Waals surface area contributed by atoms with E-state index in [1.54, 1.807) is 13.8 Å². The second kappa shape index (κ2) is 8.60. The van der Waals surface area contributed by atoms with Gasteiger partial charge >= 0.3 is 7.60 Å². The van der Waals surface area contributed by atoms with E-state index in [2.05, 4.69) is 0 Å². The Labute approximate surface area is 137 Å². The fourth-order valence-corrected chi connectivity index (χ4v) is 4.56. The molecule has 0 aromatic heterocycles. The largest absolute Gasteiger partial charge is 0.334 e. The first kappa shape index (κ1) is 18.1. The van der Waals surface area contributed by atoms with Gasteiger partial charge < -0.3 is 9.05 Å². The minimum absolute atomic E-state index is 0.117. The van der Waals surface area contributed by atoms with Crippen LogP contribution in [0.3, 0.4) is 0 Å². The molecule has 1 aliphatic rings. The van der Waals surface area contributed by atoms with Crippen LogP contribution in [0.5, 0.6) is 0 Å². The van der Waals surface area contributed by atoms with Gasteiger partial charge in [-0.25, -0.2) is 5.06 Å². The topological polar surface area (TPSA) is 65.1 Å². The molecule has 0 bridgehead atoms. The van der Waals surface area contributed by atoms with E-state index in [0.29, 0.717) is 32.8 Å². The van der Waals surface area contributed by atoms with E-state index < -0.39 is 13.3 Å². The third-order valence-corrected chi connectivity index (χ3v) is 6.22. The lowest BCUT2D eigenvalue weighted by molar-refractivity contribution is -0.196. The van der Waals surface area contributed by atoms with Gasteiger partial charge in [0.1, 0.15) is 6.61 Å². The number of carbonyl (C=O) groups is 1. The van der Waals surface area contributed by atoms with E-state index in [9.17, 15) is 9.36 Å². The van der Waals surface area contributed by atoms with Gasteiger partial charge in [-0.05, 0) is 25.8 Å². The molecule has 1 aromatic rings. The van der Waals surface area contributed by atoms with E-state index in [-0.39, 0.29) is 12.3 Å². The van der Waals surface area contributed by atoms with Crippen LogP contribution in [0.4, 0.5) is 0 Å². The summed E-state index contributed by atoms with van der Waals surface area (Å²) >= 11 is 0. The van der Waals surface area contributed by atoms with Gasteiger partial charge in [-0.1, -0.05) is 30.3 Å². The maximum atomic E-state index is 12.7. The molecule has 1 fully saturated rings. The molecule has 0 saturated carbocycles. The quantitative estimate of drug-likeness (QED) is 0.678. The molecule has 23 heavy (non-hydrogen) atoms. The van der Waals surface area contributed by atoms with Gasteiger partial charge in [-0.3, -0.25) is 14.2 Å². The molecule has 6 nitrogen and oxygen atoms in total. The van der Waals surface area contributed by atoms with Gasteiger partial charge in [-0.15, -0.1) is 0 Å². The summed E-state index contributed by atoms with van der Waals surface area (Å²) in [4.78, 5) is 17.8. The molecular weight excluding hydrogens is 317 g/mol. The van der Waals surface area contributed by atoms with Crippen molar-refractivity contribution in [2.45, 2.75) is 39.0 Å². The van der Waals surface area contributed by atoms with Crippen molar-refractivity contribution in [3.05, 3.63) is 35.9 Å². The minimum Gasteiger partial charge on any atom is -0.309 e. The van der Waals surface area contributed by atoms with Crippen LogP contribution in [-0.2, 0) is 29.9 Å². The molecule has 0 radical (unpaired) electrons. The first-order valence-corrected chi connectivity index (χ1v) is 9.56. The Hall–Kier alpha value is -1.20. The Kier molecular flexibility index (Phi) is 6.78. The van der Waals surface area contributed by atoms with E-state index in [1.165, 1.54) is 5.06 Å². The Balaban J connectivity index is 1.91. The summed E-state index contributed by atoms with van der Waals surface area (Å²) in [6.07, 6.45) is 0.657. The third-order valence-electron chi connectivity index (χ3n) is 3.65. The van der Waals surface area contributed by atoms with Gasteiger partial charge in [-0.2, -0.15) is 0 Å². The Morgan fingerprint density at radius 1 is 1.17 bits per heavy atom. The van der Waals surface area contributed by atoms with Crippen LogP contribution in [0.2, 0.25) is 0 Å². The summed E-state index contributed by atoms with van der Waals surface area (Å²) < 4.78 is 23.4. The van der Waals surface area contributed by atoms with E-state index in [0.717, 1.165) is 5.56 Å². The first-order valence-electron chi connectivity index (χ1n) is 7.95. The van der Waals surface area contributed by atoms with Crippen molar-refractivity contribution < 1.29 is 23.2 Å². The average Bonchev–Trinajstić information content (AvgIpc) is 2.55. The van der Waals surface area contributed by atoms with Crippen LogP contribution in [0.1, 0.15) is 32.3 Å². The molecule has 2 rings (SSSR count). The normalized spacial score (nSPS) is 19.1. The summed E-state index contributed by atoms with van der Waals surface area (Å²) in [7, 11) is -3.24. The second-order valence-corrected chi connectivity index (χ2v) is 7.60. The van der Waals surface area contributed by atoms with Crippen molar-refractivity contribution in [2.75, 3.05) is 19.8 Å². The third kappa shape index (κ3) is 4.88. The fourth-order valence-electron chi connectivity index (χ4n) is 2.54. The van der Waals surface area contributed by atoms with Gasteiger partial charge in [0.15, 0.2) is 0 Å². The molecule has 1 saturated heterocycles. The van der Waals surface area contributed by atoms with E-state index in [4.69, 9.17) is 13.9 Å². The fraction of sp³-hybridized carbons (Fsp3) is 0.562. The smallest absolute Gasteiger partial charge is 0.309 e. The maximum absolute atomic E-state index is 12.7. The van der Waals surface area contributed by atoms with Gasteiger partial charge in [0, 0.05) is 13.0 Å². The molecule has 1 heterocycles. The van der Waals surface area contributed by atoms with Crippen molar-refractivity contribution in [2.24, 2.45) is 0 Å². The van der Waals surface area contributed by atoms with E-state index >= 15 is 0 Å². The second-order valence-electron chi connectivity index (χ2n) is 5.28. The van der Waals surface area contributed by atoms with Crippen LogP contribution in [0.15, 0.2) is 30.3 Å². The van der Waals surface area contributed by atoms with Crippen LogP contribution < -0.4 is 0 Å². The number of amides is 1. The number of carbonyl (C=O) groups excluding carboxylic acids is 1. The predicted molar refractivity (Wildman–Crippen MR) is 86.8 cm³/mol. The average molecular weight is 341 g/mol. The molecule has 128 valence electrons. The molecule has 1 atom stereocenters. The minimum atomic E-state index is -3.24. The summed E-state index contributed by atoms with van der Waals surface area (Å²) in [5.74, 6) is -0.184. The van der Waals surface area contributed by atoms with Crippen molar-refractivity contribution >= 4 is 13.5 Å². The number of rotatable bonds is 8. The van der Waals surface area contributed by atoms with Crippen LogP contribution >= 0.6 is 7.60 Å². The highest BCUT2D eigenvalue weighted by atomic mass is 31.2. The number of piperidine rings is 1. The molecule has 0 N–H and O–H groups in total. The molecular formula is C16H24NO5P. The van der Waals surface area contributed by atoms with Gasteiger partial charge in [0.05, 0.1) is 18.9 Å². The summed E-state index contributed by atoms with van der Waals surface area (Å²) in [5, 5.41) is 1.35. The molecule has 7 heteroatoms. The number of hydrogen-bond acceptors (Lipinski definition) is 5. The number of hydroxylamine groups is 2. The molecule has 1 aliphatic heterocycles. The van der Waals surface area contributed by atoms with Crippen molar-refractivity contribution in [3.8, 4) is 0 Å². The maximum Gasteiger partial charge on any atom is 0.334 e. The lowest BCUT2D eigenvalue weighted by atomic mass is 10.1. The van der Waals surface area contributed by atoms with Crippen molar-refractivity contribution in [1.29, 1.82) is 0 Å². The summed E-state index contributed by atoms with van der Waals surface area (Å²) in [6.45, 7) is 4.87. The lowest BCUT2D eigenvalue weighted by Crippen LogP contribution is -2.40. The highest BCUT2D eigenvalue weighted by Gasteiger charge is 2.41. The van der Waals surface area contributed by atoms with Crippen LogP contribution in [-0.4, -0.2) is 36.4 Å². The highest BCUT2D eigenvalue weighted by molar-refractivity contribution is 7.54. The molecule has 1 unspecified atom stereocenters. The first-order chi connectivity index (χ1) is 11.1. The zero-order chi connectivity index (χ0) is 16.7. The molecule has 0 spiro atoms. The zero-order valence-corrected chi connectivity index (χ0v) is 14.5. The van der Waals surface area contributed by atoms with Crippen LogP contribution in [0.25, 0.3) is 0 Å². The Morgan fingerprint density at radius 3 is 2.39 bits per heavy atom.